The largest absolute Gasteiger partial charge is 0.383 e. The maximum absolute atomic E-state index is 12.9. The molecule has 0 bridgehead atoms. The maximum Gasteiger partial charge on any atom is 0.330 e. The number of hydrogen-bond acceptors (Lipinski definition) is 5. The number of nitrogens with zero attached hydrogens (tertiary/aromatic N) is 4. The Balaban J connectivity index is 2.47. The minimum absolute atomic E-state index is 0.0949. The van der Waals surface area contributed by atoms with Gasteiger partial charge < -0.3 is 9.30 Å². The third-order valence-corrected chi connectivity index (χ3v) is 5.16. The van der Waals surface area contributed by atoms with Crippen LogP contribution in [0.3, 0.4) is 0 Å². The van der Waals surface area contributed by atoms with Gasteiger partial charge in [-0.25, -0.2) is 4.79 Å². The summed E-state index contributed by atoms with van der Waals surface area (Å²) in [5, 5.41) is 11.5. The van der Waals surface area contributed by atoms with E-state index in [1.165, 1.54) is 23.7 Å². The predicted octanol–water partition coefficient (Wildman–Crippen LogP) is 2.02. The summed E-state index contributed by atoms with van der Waals surface area (Å²) in [6.07, 6.45) is 1.69. The number of methoxy groups -OCH3 is 1. The summed E-state index contributed by atoms with van der Waals surface area (Å²) in [5.74, 6) is 0. The Bertz CT molecular complexity index is 1170. The van der Waals surface area contributed by atoms with Gasteiger partial charge in [-0.15, -0.1) is 0 Å². The van der Waals surface area contributed by atoms with E-state index in [9.17, 15) is 19.7 Å². The van der Waals surface area contributed by atoms with E-state index in [1.807, 2.05) is 0 Å². The first-order valence-electron chi connectivity index (χ1n) is 8.00. The van der Waals surface area contributed by atoms with Crippen molar-refractivity contribution in [2.75, 3.05) is 13.7 Å². The molecule has 0 N–H and O–H groups in total. The zero-order valence-electron chi connectivity index (χ0n) is 14.9. The molecule has 27 heavy (non-hydrogen) atoms. The Hall–Kier alpha value is -2.72. The van der Waals surface area contributed by atoms with Crippen molar-refractivity contribution in [1.29, 1.82) is 0 Å². The standard InChI is InChI=1S/C17H17BrN4O5/c1-19-13-9-21(6-7-27-3)15(14(13)16(23)20(2)17(19)24)11-8-10(22(25)26)4-5-12(11)18/h4-5,8-9H,6-7H2,1-3H3. The molecule has 0 aliphatic rings. The van der Waals surface area contributed by atoms with Crippen molar-refractivity contribution in [2.24, 2.45) is 14.1 Å². The normalized spacial score (nSPS) is 11.3. The summed E-state index contributed by atoms with van der Waals surface area (Å²) in [4.78, 5) is 35.9. The van der Waals surface area contributed by atoms with Crippen LogP contribution in [0.1, 0.15) is 0 Å². The van der Waals surface area contributed by atoms with E-state index >= 15 is 0 Å². The maximum atomic E-state index is 12.9. The lowest BCUT2D eigenvalue weighted by molar-refractivity contribution is -0.384. The van der Waals surface area contributed by atoms with Crippen LogP contribution in [-0.4, -0.2) is 32.3 Å². The average Bonchev–Trinajstić information content (AvgIpc) is 3.02. The number of benzene rings is 1. The quantitative estimate of drug-likeness (QED) is 0.449. The number of halogens is 1. The van der Waals surface area contributed by atoms with Crippen molar-refractivity contribution in [3.8, 4) is 11.3 Å². The zero-order chi connectivity index (χ0) is 19.9. The fourth-order valence-electron chi connectivity index (χ4n) is 3.05. The minimum Gasteiger partial charge on any atom is -0.383 e. The van der Waals surface area contributed by atoms with Gasteiger partial charge in [0.25, 0.3) is 11.2 Å². The summed E-state index contributed by atoms with van der Waals surface area (Å²) in [6, 6.07) is 4.36. The minimum atomic E-state index is -0.492. The van der Waals surface area contributed by atoms with Crippen LogP contribution in [0, 0.1) is 10.1 Å². The lowest BCUT2D eigenvalue weighted by atomic mass is 10.1. The molecule has 0 saturated carbocycles. The highest BCUT2D eigenvalue weighted by atomic mass is 79.9. The summed E-state index contributed by atoms with van der Waals surface area (Å²) < 4.78 is 9.93. The predicted molar refractivity (Wildman–Crippen MR) is 104 cm³/mol. The number of ether oxygens (including phenoxy) is 1. The first-order valence-corrected chi connectivity index (χ1v) is 8.79. The zero-order valence-corrected chi connectivity index (χ0v) is 16.5. The molecule has 9 nitrogen and oxygen atoms in total. The van der Waals surface area contributed by atoms with E-state index in [1.54, 1.807) is 31.0 Å². The monoisotopic (exact) mass is 436 g/mol. The molecule has 1 aromatic carbocycles. The average molecular weight is 437 g/mol. The fraction of sp³-hybridized carbons (Fsp3) is 0.294. The highest BCUT2D eigenvalue weighted by Gasteiger charge is 2.22. The van der Waals surface area contributed by atoms with Gasteiger partial charge in [0.2, 0.25) is 0 Å². The van der Waals surface area contributed by atoms with Crippen LogP contribution in [0.15, 0.2) is 38.5 Å². The second kappa shape index (κ2) is 7.12. The topological polar surface area (TPSA) is 101 Å². The lowest BCUT2D eigenvalue weighted by Crippen LogP contribution is -2.36. The first kappa shape index (κ1) is 19.1. The molecule has 3 aromatic rings. The number of nitro groups is 1. The van der Waals surface area contributed by atoms with E-state index in [-0.39, 0.29) is 5.69 Å². The summed E-state index contributed by atoms with van der Waals surface area (Å²) in [7, 11) is 4.54. The van der Waals surface area contributed by atoms with Crippen molar-refractivity contribution in [3.63, 3.8) is 0 Å². The van der Waals surface area contributed by atoms with Gasteiger partial charge in [-0.2, -0.15) is 0 Å². The van der Waals surface area contributed by atoms with E-state index in [4.69, 9.17) is 4.74 Å². The Morgan fingerprint density at radius 1 is 1.22 bits per heavy atom. The third-order valence-electron chi connectivity index (χ3n) is 4.46. The van der Waals surface area contributed by atoms with Gasteiger partial charge in [0, 0.05) is 56.1 Å². The molecular formula is C17H17BrN4O5. The molecule has 0 aliphatic heterocycles. The Morgan fingerprint density at radius 3 is 2.56 bits per heavy atom. The van der Waals surface area contributed by atoms with Crippen molar-refractivity contribution in [2.45, 2.75) is 6.54 Å². The van der Waals surface area contributed by atoms with Gasteiger partial charge in [-0.1, -0.05) is 15.9 Å². The van der Waals surface area contributed by atoms with Gasteiger partial charge in [-0.05, 0) is 6.07 Å². The molecule has 0 atom stereocenters. The second-order valence-corrected chi connectivity index (χ2v) is 6.91. The fourth-order valence-corrected chi connectivity index (χ4v) is 3.49. The molecular weight excluding hydrogens is 420 g/mol. The van der Waals surface area contributed by atoms with Crippen LogP contribution in [-0.2, 0) is 25.4 Å². The SMILES string of the molecule is COCCn1cc2c(c1-c1cc([N+](=O)[O-])ccc1Br)c(=O)n(C)c(=O)n2C. The lowest BCUT2D eigenvalue weighted by Gasteiger charge is -2.11. The number of aryl methyl sites for hydroxylation is 1. The van der Waals surface area contributed by atoms with Crippen LogP contribution in [0.4, 0.5) is 5.69 Å². The van der Waals surface area contributed by atoms with E-state index in [0.29, 0.717) is 39.8 Å². The van der Waals surface area contributed by atoms with Crippen LogP contribution >= 0.6 is 15.9 Å². The van der Waals surface area contributed by atoms with E-state index in [0.717, 1.165) is 4.57 Å². The van der Waals surface area contributed by atoms with Crippen LogP contribution < -0.4 is 11.2 Å². The molecule has 0 unspecified atom stereocenters. The first-order chi connectivity index (χ1) is 12.8. The third kappa shape index (κ3) is 3.10. The molecule has 2 aromatic heterocycles. The summed E-state index contributed by atoms with van der Waals surface area (Å²) in [6.45, 7) is 0.780. The van der Waals surface area contributed by atoms with Crippen molar-refractivity contribution in [3.05, 3.63) is 59.8 Å². The highest BCUT2D eigenvalue weighted by molar-refractivity contribution is 9.10. The van der Waals surface area contributed by atoms with Crippen LogP contribution in [0.25, 0.3) is 22.2 Å². The van der Waals surface area contributed by atoms with Crippen LogP contribution in [0.5, 0.6) is 0 Å². The molecule has 0 amide bonds. The molecule has 0 saturated heterocycles. The molecule has 3 rings (SSSR count). The Labute approximate surface area is 161 Å². The van der Waals surface area contributed by atoms with Gasteiger partial charge in [0.1, 0.15) is 0 Å². The number of nitro benzene ring substituents is 1. The number of fused-ring (bicyclic) bond motifs is 1. The Kier molecular flexibility index (Phi) is 5.03. The van der Waals surface area contributed by atoms with Gasteiger partial charge in [-0.3, -0.25) is 24.0 Å². The number of rotatable bonds is 5. The number of non-ortho nitro benzene ring substituents is 1. The van der Waals surface area contributed by atoms with Crippen LogP contribution in [0.2, 0.25) is 0 Å². The van der Waals surface area contributed by atoms with Crippen molar-refractivity contribution >= 4 is 32.5 Å². The molecule has 0 radical (unpaired) electrons. The molecule has 0 aliphatic carbocycles. The highest BCUT2D eigenvalue weighted by Crippen LogP contribution is 2.35. The van der Waals surface area contributed by atoms with Gasteiger partial charge in [0.15, 0.2) is 0 Å². The number of hydrogen-bond donors (Lipinski definition) is 0. The van der Waals surface area contributed by atoms with Crippen molar-refractivity contribution < 1.29 is 9.66 Å². The molecule has 10 heteroatoms. The summed E-state index contributed by atoms with van der Waals surface area (Å²) >= 11 is 3.42. The number of aromatic nitrogens is 3. The van der Waals surface area contributed by atoms with Gasteiger partial charge >= 0.3 is 5.69 Å². The van der Waals surface area contributed by atoms with E-state index < -0.39 is 16.2 Å². The molecule has 0 fully saturated rings. The smallest absolute Gasteiger partial charge is 0.330 e. The summed E-state index contributed by atoms with van der Waals surface area (Å²) in [5.41, 5.74) is 0.439. The molecule has 0 spiro atoms. The van der Waals surface area contributed by atoms with E-state index in [2.05, 4.69) is 15.9 Å². The Morgan fingerprint density at radius 2 is 1.93 bits per heavy atom. The molecule has 142 valence electrons. The molecule has 2 heterocycles. The van der Waals surface area contributed by atoms with Gasteiger partial charge in [0.05, 0.1) is 28.1 Å². The second-order valence-electron chi connectivity index (χ2n) is 6.05. The van der Waals surface area contributed by atoms with Crippen molar-refractivity contribution in [1.82, 2.24) is 13.7 Å².